The standard InChI is InChI=1S/C19H28/c1-3-5-7-9-11-13-15-17-19-18-16-14-12-10-8-6-4-2/h3,5,7,9,11,13,15-19H,1,4,6,8,10,12,14H2,2H3/b7-5+,11-9+,15-13+,18-16+,19-17+. The first-order chi connectivity index (χ1) is 9.41. The Morgan fingerprint density at radius 2 is 1.16 bits per heavy atom. The van der Waals surface area contributed by atoms with Gasteiger partial charge in [-0.25, -0.2) is 0 Å². The molecule has 0 rings (SSSR count). The molecule has 0 aromatic carbocycles. The van der Waals surface area contributed by atoms with Crippen molar-refractivity contribution >= 4 is 0 Å². The zero-order valence-electron chi connectivity index (χ0n) is 12.3. The minimum Gasteiger partial charge on any atom is -0.0991 e. The number of hydrogen-bond donors (Lipinski definition) is 0. The normalized spacial score (nSPS) is 12.9. The molecule has 0 bridgehead atoms. The molecule has 0 nitrogen and oxygen atoms in total. The summed E-state index contributed by atoms with van der Waals surface area (Å²) in [7, 11) is 0. The second-order valence-corrected chi connectivity index (χ2v) is 4.41. The van der Waals surface area contributed by atoms with Crippen LogP contribution < -0.4 is 0 Å². The van der Waals surface area contributed by atoms with E-state index in [4.69, 9.17) is 0 Å². The Labute approximate surface area is 119 Å². The van der Waals surface area contributed by atoms with Crippen LogP contribution in [0.2, 0.25) is 0 Å². The maximum atomic E-state index is 3.61. The van der Waals surface area contributed by atoms with Gasteiger partial charge in [0.25, 0.3) is 0 Å². The number of allylic oxidation sites excluding steroid dienone is 11. The van der Waals surface area contributed by atoms with Gasteiger partial charge < -0.3 is 0 Å². The second-order valence-electron chi connectivity index (χ2n) is 4.41. The first kappa shape index (κ1) is 17.4. The molecule has 19 heavy (non-hydrogen) atoms. The van der Waals surface area contributed by atoms with Crippen molar-refractivity contribution in [3.05, 3.63) is 73.4 Å². The molecule has 0 radical (unpaired) electrons. The Morgan fingerprint density at radius 3 is 1.74 bits per heavy atom. The smallest absolute Gasteiger partial charge is 0.0348 e. The molecule has 0 aliphatic rings. The molecule has 0 N–H and O–H groups in total. The minimum atomic E-state index is 1.20. The van der Waals surface area contributed by atoms with E-state index in [1.165, 1.54) is 38.5 Å². The third kappa shape index (κ3) is 16.4. The molecular formula is C19H28. The van der Waals surface area contributed by atoms with Gasteiger partial charge in [0.2, 0.25) is 0 Å². The van der Waals surface area contributed by atoms with Crippen LogP contribution in [0.5, 0.6) is 0 Å². The van der Waals surface area contributed by atoms with Gasteiger partial charge >= 0.3 is 0 Å². The van der Waals surface area contributed by atoms with Gasteiger partial charge in [0, 0.05) is 0 Å². The summed E-state index contributed by atoms with van der Waals surface area (Å²) in [6, 6.07) is 0. The van der Waals surface area contributed by atoms with E-state index in [0.717, 1.165) is 0 Å². The highest BCUT2D eigenvalue weighted by molar-refractivity contribution is 5.18. The number of rotatable bonds is 11. The van der Waals surface area contributed by atoms with Crippen LogP contribution in [0.4, 0.5) is 0 Å². The van der Waals surface area contributed by atoms with Crippen LogP contribution in [0.15, 0.2) is 73.4 Å². The summed E-state index contributed by atoms with van der Waals surface area (Å²) in [6.07, 6.45) is 30.1. The molecule has 0 saturated heterocycles. The van der Waals surface area contributed by atoms with Crippen LogP contribution in [0.1, 0.15) is 45.4 Å². The summed E-state index contributed by atoms with van der Waals surface area (Å²) in [5, 5.41) is 0. The zero-order valence-corrected chi connectivity index (χ0v) is 12.3. The summed E-state index contributed by atoms with van der Waals surface area (Å²) in [4.78, 5) is 0. The summed E-state index contributed by atoms with van der Waals surface area (Å²) in [6.45, 7) is 5.86. The van der Waals surface area contributed by atoms with E-state index in [1.807, 2.05) is 36.5 Å². The fourth-order valence-electron chi connectivity index (χ4n) is 1.57. The molecule has 0 aromatic heterocycles. The SMILES string of the molecule is C=C/C=C/C=C/C=C/C=C/C=C/CCCCCCC. The van der Waals surface area contributed by atoms with Crippen molar-refractivity contribution in [2.45, 2.75) is 45.4 Å². The third-order valence-electron chi connectivity index (χ3n) is 2.64. The van der Waals surface area contributed by atoms with Gasteiger partial charge in [0.15, 0.2) is 0 Å². The largest absolute Gasteiger partial charge is 0.0991 e. The number of unbranched alkanes of at least 4 members (excludes halogenated alkanes) is 5. The predicted molar refractivity (Wildman–Crippen MR) is 89.3 cm³/mol. The molecule has 0 unspecified atom stereocenters. The first-order valence-corrected chi connectivity index (χ1v) is 7.36. The topological polar surface area (TPSA) is 0 Å². The van der Waals surface area contributed by atoms with E-state index in [9.17, 15) is 0 Å². The Bertz CT molecular complexity index is 324. The van der Waals surface area contributed by atoms with E-state index < -0.39 is 0 Å². The quantitative estimate of drug-likeness (QED) is 0.300. The van der Waals surface area contributed by atoms with E-state index in [1.54, 1.807) is 6.08 Å². The molecule has 0 heteroatoms. The van der Waals surface area contributed by atoms with Gasteiger partial charge in [-0.3, -0.25) is 0 Å². The lowest BCUT2D eigenvalue weighted by Gasteiger charge is -1.95. The van der Waals surface area contributed by atoms with Crippen LogP contribution in [-0.2, 0) is 0 Å². The Morgan fingerprint density at radius 1 is 0.632 bits per heavy atom. The van der Waals surface area contributed by atoms with Crippen molar-refractivity contribution in [2.24, 2.45) is 0 Å². The lowest BCUT2D eigenvalue weighted by Crippen LogP contribution is -1.75. The lowest BCUT2D eigenvalue weighted by molar-refractivity contribution is 0.637. The van der Waals surface area contributed by atoms with Gasteiger partial charge in [-0.15, -0.1) is 0 Å². The van der Waals surface area contributed by atoms with Gasteiger partial charge in [0.1, 0.15) is 0 Å². The fourth-order valence-corrected chi connectivity index (χ4v) is 1.57. The Balaban J connectivity index is 3.51. The summed E-state index contributed by atoms with van der Waals surface area (Å²) < 4.78 is 0. The molecular weight excluding hydrogens is 228 g/mol. The van der Waals surface area contributed by atoms with Crippen LogP contribution in [0.3, 0.4) is 0 Å². The van der Waals surface area contributed by atoms with Crippen molar-refractivity contribution in [1.82, 2.24) is 0 Å². The second kappa shape index (κ2) is 16.4. The first-order valence-electron chi connectivity index (χ1n) is 7.36. The maximum Gasteiger partial charge on any atom is -0.0348 e. The molecule has 0 atom stereocenters. The minimum absolute atomic E-state index is 1.20. The summed E-state index contributed by atoms with van der Waals surface area (Å²) in [5.41, 5.74) is 0. The third-order valence-corrected chi connectivity index (χ3v) is 2.64. The van der Waals surface area contributed by atoms with Crippen LogP contribution in [0.25, 0.3) is 0 Å². The molecule has 0 aliphatic heterocycles. The maximum absolute atomic E-state index is 3.61. The van der Waals surface area contributed by atoms with Gasteiger partial charge in [-0.2, -0.15) is 0 Å². The van der Waals surface area contributed by atoms with Gasteiger partial charge in [-0.05, 0) is 12.8 Å². The van der Waals surface area contributed by atoms with E-state index in [0.29, 0.717) is 0 Å². The molecule has 0 saturated carbocycles. The fraction of sp³-hybridized carbons (Fsp3) is 0.368. The monoisotopic (exact) mass is 256 g/mol. The van der Waals surface area contributed by atoms with Gasteiger partial charge in [-0.1, -0.05) is 106 Å². The van der Waals surface area contributed by atoms with Crippen molar-refractivity contribution in [2.75, 3.05) is 0 Å². The summed E-state index contributed by atoms with van der Waals surface area (Å²) >= 11 is 0. The average Bonchev–Trinajstić information content (AvgIpc) is 2.43. The highest BCUT2D eigenvalue weighted by atomic mass is 13.9. The molecule has 0 amide bonds. The highest BCUT2D eigenvalue weighted by Crippen LogP contribution is 2.05. The molecule has 0 aliphatic carbocycles. The molecule has 104 valence electrons. The van der Waals surface area contributed by atoms with E-state index >= 15 is 0 Å². The van der Waals surface area contributed by atoms with Crippen molar-refractivity contribution in [3.63, 3.8) is 0 Å². The van der Waals surface area contributed by atoms with Crippen LogP contribution >= 0.6 is 0 Å². The molecule has 0 spiro atoms. The Kier molecular flexibility index (Phi) is 15.1. The van der Waals surface area contributed by atoms with Crippen LogP contribution in [0, 0.1) is 0 Å². The molecule has 0 aromatic rings. The van der Waals surface area contributed by atoms with E-state index in [2.05, 4.69) is 37.8 Å². The molecule has 0 fully saturated rings. The number of hydrogen-bond acceptors (Lipinski definition) is 0. The van der Waals surface area contributed by atoms with Crippen molar-refractivity contribution < 1.29 is 0 Å². The lowest BCUT2D eigenvalue weighted by atomic mass is 10.1. The molecule has 0 heterocycles. The summed E-state index contributed by atoms with van der Waals surface area (Å²) in [5.74, 6) is 0. The highest BCUT2D eigenvalue weighted by Gasteiger charge is 1.85. The predicted octanol–water partition coefficient (Wildman–Crippen LogP) is 6.31. The average molecular weight is 256 g/mol. The van der Waals surface area contributed by atoms with E-state index in [-0.39, 0.29) is 0 Å². The van der Waals surface area contributed by atoms with Crippen LogP contribution in [-0.4, -0.2) is 0 Å². The van der Waals surface area contributed by atoms with Gasteiger partial charge in [0.05, 0.1) is 0 Å². The zero-order chi connectivity index (χ0) is 14.0. The Hall–Kier alpha value is -1.56. The van der Waals surface area contributed by atoms with Crippen molar-refractivity contribution in [3.8, 4) is 0 Å². The van der Waals surface area contributed by atoms with Crippen molar-refractivity contribution in [1.29, 1.82) is 0 Å².